The summed E-state index contributed by atoms with van der Waals surface area (Å²) in [4.78, 5) is 14.0. The molecule has 0 unspecified atom stereocenters. The van der Waals surface area contributed by atoms with Gasteiger partial charge >= 0.3 is 0 Å². The lowest BCUT2D eigenvalue weighted by Crippen LogP contribution is -2.05. The number of anilines is 1. The van der Waals surface area contributed by atoms with Crippen LogP contribution < -0.4 is 11.3 Å². The van der Waals surface area contributed by atoms with Crippen molar-refractivity contribution < 1.29 is 0 Å². The number of hydrogen-bond donors (Lipinski definition) is 2. The smallest absolute Gasteiger partial charge is 0.248 e. The maximum atomic E-state index is 11.3. The van der Waals surface area contributed by atoms with E-state index in [1.54, 1.807) is 34.9 Å². The molecule has 0 aliphatic heterocycles. The molecule has 3 N–H and O–H groups in total. The summed E-state index contributed by atoms with van der Waals surface area (Å²) in [6, 6.07) is 8.40. The van der Waals surface area contributed by atoms with E-state index in [0.717, 1.165) is 0 Å². The molecule has 0 saturated heterocycles. The highest BCUT2D eigenvalue weighted by molar-refractivity contribution is 5.57. The number of pyridine rings is 2. The Morgan fingerprint density at radius 1 is 1.18 bits per heavy atom. The predicted octanol–water partition coefficient (Wildman–Crippen LogP) is 0.667. The Morgan fingerprint density at radius 2 is 2.06 bits per heavy atom. The molecule has 0 atom stereocenters. The van der Waals surface area contributed by atoms with Crippen molar-refractivity contribution in [2.75, 3.05) is 5.73 Å². The van der Waals surface area contributed by atoms with Gasteiger partial charge in [0.05, 0.1) is 5.69 Å². The molecular formula is C11H9N5O. The molecule has 3 heterocycles. The summed E-state index contributed by atoms with van der Waals surface area (Å²) < 4.78 is 1.74. The van der Waals surface area contributed by atoms with Crippen LogP contribution in [0.3, 0.4) is 0 Å². The van der Waals surface area contributed by atoms with Gasteiger partial charge in [-0.2, -0.15) is 0 Å². The SMILES string of the molecule is Nc1ccc2nnc(-c3cccc(=O)[nH]3)n2c1. The van der Waals surface area contributed by atoms with Gasteiger partial charge in [0.25, 0.3) is 0 Å². The van der Waals surface area contributed by atoms with Gasteiger partial charge in [0.15, 0.2) is 11.5 Å². The number of H-pyrrole nitrogens is 1. The number of nitrogens with zero attached hydrogens (tertiary/aromatic N) is 3. The first-order valence-electron chi connectivity index (χ1n) is 5.04. The van der Waals surface area contributed by atoms with E-state index in [1.807, 2.05) is 0 Å². The van der Waals surface area contributed by atoms with E-state index in [4.69, 9.17) is 5.73 Å². The second-order valence-corrected chi connectivity index (χ2v) is 3.64. The third-order valence-corrected chi connectivity index (χ3v) is 2.43. The molecule has 6 nitrogen and oxygen atoms in total. The van der Waals surface area contributed by atoms with Crippen molar-refractivity contribution in [3.05, 3.63) is 46.9 Å². The fraction of sp³-hybridized carbons (Fsp3) is 0. The molecule has 0 aromatic carbocycles. The molecule has 3 aromatic heterocycles. The summed E-state index contributed by atoms with van der Waals surface area (Å²) in [5, 5.41) is 8.04. The third kappa shape index (κ3) is 1.55. The van der Waals surface area contributed by atoms with Crippen LogP contribution in [-0.2, 0) is 0 Å². The Hall–Kier alpha value is -2.63. The zero-order chi connectivity index (χ0) is 11.8. The standard InChI is InChI=1S/C11H9N5O/c12-7-4-5-9-14-15-11(16(9)6-7)8-2-1-3-10(17)13-8/h1-6H,12H2,(H,13,17). The number of nitrogens with two attached hydrogens (primary N) is 1. The zero-order valence-electron chi connectivity index (χ0n) is 8.79. The molecule has 0 bridgehead atoms. The van der Waals surface area contributed by atoms with Gasteiger partial charge in [-0.05, 0) is 18.2 Å². The van der Waals surface area contributed by atoms with Crippen LogP contribution in [0, 0.1) is 0 Å². The Kier molecular flexibility index (Phi) is 1.94. The molecular weight excluding hydrogens is 218 g/mol. The van der Waals surface area contributed by atoms with Gasteiger partial charge in [0, 0.05) is 18.0 Å². The van der Waals surface area contributed by atoms with Crippen LogP contribution >= 0.6 is 0 Å². The molecule has 3 rings (SSSR count). The van der Waals surface area contributed by atoms with Gasteiger partial charge in [0.2, 0.25) is 5.56 Å². The van der Waals surface area contributed by atoms with Crippen molar-refractivity contribution >= 4 is 11.3 Å². The van der Waals surface area contributed by atoms with Crippen LogP contribution in [0.15, 0.2) is 41.3 Å². The summed E-state index contributed by atoms with van der Waals surface area (Å²) in [5.41, 5.74) is 7.43. The van der Waals surface area contributed by atoms with Crippen LogP contribution in [0.25, 0.3) is 17.2 Å². The molecule has 6 heteroatoms. The van der Waals surface area contributed by atoms with Crippen LogP contribution in [-0.4, -0.2) is 19.6 Å². The van der Waals surface area contributed by atoms with Crippen molar-refractivity contribution in [3.8, 4) is 11.5 Å². The van der Waals surface area contributed by atoms with E-state index in [1.165, 1.54) is 6.07 Å². The third-order valence-electron chi connectivity index (χ3n) is 2.43. The summed E-state index contributed by atoms with van der Waals surface area (Å²) in [5.74, 6) is 0.560. The largest absolute Gasteiger partial charge is 0.398 e. The van der Waals surface area contributed by atoms with E-state index >= 15 is 0 Å². The minimum absolute atomic E-state index is 0.178. The number of aromatic nitrogens is 4. The first kappa shape index (κ1) is 9.59. The quantitative estimate of drug-likeness (QED) is 0.639. The van der Waals surface area contributed by atoms with Crippen molar-refractivity contribution in [2.45, 2.75) is 0 Å². The van der Waals surface area contributed by atoms with Gasteiger partial charge < -0.3 is 10.7 Å². The van der Waals surface area contributed by atoms with Crippen LogP contribution in [0.5, 0.6) is 0 Å². The van der Waals surface area contributed by atoms with Gasteiger partial charge in [-0.15, -0.1) is 10.2 Å². The van der Waals surface area contributed by atoms with E-state index in [2.05, 4.69) is 15.2 Å². The Balaban J connectivity index is 2.30. The monoisotopic (exact) mass is 227 g/mol. The topological polar surface area (TPSA) is 89.1 Å². The van der Waals surface area contributed by atoms with Crippen molar-refractivity contribution in [1.82, 2.24) is 19.6 Å². The van der Waals surface area contributed by atoms with Crippen LogP contribution in [0.4, 0.5) is 5.69 Å². The van der Waals surface area contributed by atoms with Gasteiger partial charge in [-0.3, -0.25) is 9.20 Å². The maximum absolute atomic E-state index is 11.3. The molecule has 0 aliphatic rings. The summed E-state index contributed by atoms with van der Waals surface area (Å²) in [6.45, 7) is 0. The van der Waals surface area contributed by atoms with E-state index < -0.39 is 0 Å². The van der Waals surface area contributed by atoms with E-state index in [-0.39, 0.29) is 5.56 Å². The highest BCUT2D eigenvalue weighted by Crippen LogP contribution is 2.15. The zero-order valence-corrected chi connectivity index (χ0v) is 8.79. The molecule has 0 aliphatic carbocycles. The van der Waals surface area contributed by atoms with Crippen molar-refractivity contribution in [2.24, 2.45) is 0 Å². The number of nitrogens with one attached hydrogen (secondary N) is 1. The molecule has 0 amide bonds. The normalized spacial score (nSPS) is 10.8. The lowest BCUT2D eigenvalue weighted by atomic mass is 10.3. The summed E-state index contributed by atoms with van der Waals surface area (Å²) in [6.07, 6.45) is 1.72. The number of nitrogen functional groups attached to an aromatic ring is 1. The minimum Gasteiger partial charge on any atom is -0.398 e. The molecule has 0 radical (unpaired) electrons. The second kappa shape index (κ2) is 3.44. The number of rotatable bonds is 1. The molecule has 84 valence electrons. The lowest BCUT2D eigenvalue weighted by molar-refractivity contribution is 1.08. The average molecular weight is 227 g/mol. The summed E-state index contributed by atoms with van der Waals surface area (Å²) >= 11 is 0. The molecule has 3 aromatic rings. The van der Waals surface area contributed by atoms with E-state index in [9.17, 15) is 4.79 Å². The highest BCUT2D eigenvalue weighted by Gasteiger charge is 2.08. The van der Waals surface area contributed by atoms with E-state index in [0.29, 0.717) is 22.9 Å². The highest BCUT2D eigenvalue weighted by atomic mass is 16.1. The minimum atomic E-state index is -0.178. The van der Waals surface area contributed by atoms with Gasteiger partial charge in [-0.25, -0.2) is 0 Å². The molecule has 0 saturated carbocycles. The fourth-order valence-electron chi connectivity index (χ4n) is 1.67. The first-order valence-corrected chi connectivity index (χ1v) is 5.04. The molecule has 0 spiro atoms. The number of fused-ring (bicyclic) bond motifs is 1. The van der Waals surface area contributed by atoms with Gasteiger partial charge in [-0.1, -0.05) is 6.07 Å². The molecule has 0 fully saturated rings. The van der Waals surface area contributed by atoms with Crippen molar-refractivity contribution in [3.63, 3.8) is 0 Å². The Bertz CT molecular complexity index is 743. The van der Waals surface area contributed by atoms with Crippen molar-refractivity contribution in [1.29, 1.82) is 0 Å². The summed E-state index contributed by atoms with van der Waals surface area (Å²) in [7, 11) is 0. The fourth-order valence-corrected chi connectivity index (χ4v) is 1.67. The number of aromatic amines is 1. The predicted molar refractivity (Wildman–Crippen MR) is 63.5 cm³/mol. The lowest BCUT2D eigenvalue weighted by Gasteiger charge is -2.00. The maximum Gasteiger partial charge on any atom is 0.248 e. The van der Waals surface area contributed by atoms with Crippen LogP contribution in [0.2, 0.25) is 0 Å². The molecule has 17 heavy (non-hydrogen) atoms. The average Bonchev–Trinajstić information content (AvgIpc) is 2.71. The Morgan fingerprint density at radius 3 is 2.88 bits per heavy atom. The first-order chi connectivity index (χ1) is 8.24. The second-order valence-electron chi connectivity index (χ2n) is 3.64. The van der Waals surface area contributed by atoms with Crippen LogP contribution in [0.1, 0.15) is 0 Å². The Labute approximate surface area is 95.7 Å². The number of hydrogen-bond acceptors (Lipinski definition) is 4. The van der Waals surface area contributed by atoms with Gasteiger partial charge in [0.1, 0.15) is 0 Å².